The Morgan fingerprint density at radius 2 is 1.95 bits per heavy atom. The van der Waals surface area contributed by atoms with Gasteiger partial charge in [0.1, 0.15) is 0 Å². The van der Waals surface area contributed by atoms with E-state index in [9.17, 15) is 18.3 Å². The maximum atomic E-state index is 12.7. The van der Waals surface area contributed by atoms with E-state index < -0.39 is 17.3 Å². The zero-order valence-corrected chi connectivity index (χ0v) is 10.8. The van der Waals surface area contributed by atoms with E-state index in [2.05, 4.69) is 5.32 Å². The van der Waals surface area contributed by atoms with Crippen LogP contribution in [0.4, 0.5) is 13.2 Å². The molecule has 0 saturated carbocycles. The van der Waals surface area contributed by atoms with Crippen LogP contribution in [0.25, 0.3) is 0 Å². The van der Waals surface area contributed by atoms with Gasteiger partial charge >= 0.3 is 6.18 Å². The first-order valence-electron chi connectivity index (χ1n) is 6.42. The van der Waals surface area contributed by atoms with Gasteiger partial charge in [-0.15, -0.1) is 0 Å². The molecule has 1 aromatic rings. The number of benzene rings is 1. The summed E-state index contributed by atoms with van der Waals surface area (Å²) < 4.78 is 38.1. The molecule has 2 nitrogen and oxygen atoms in total. The predicted molar refractivity (Wildman–Crippen MR) is 66.6 cm³/mol. The van der Waals surface area contributed by atoms with Crippen LogP contribution in [-0.2, 0) is 11.8 Å². The Morgan fingerprint density at radius 3 is 2.53 bits per heavy atom. The van der Waals surface area contributed by atoms with Gasteiger partial charge < -0.3 is 10.4 Å². The summed E-state index contributed by atoms with van der Waals surface area (Å²) in [5.41, 5.74) is -1.63. The normalized spacial score (nSPS) is 23.9. The van der Waals surface area contributed by atoms with Crippen LogP contribution >= 0.6 is 0 Å². The van der Waals surface area contributed by atoms with Gasteiger partial charge in [0.05, 0.1) is 11.2 Å². The van der Waals surface area contributed by atoms with E-state index in [-0.39, 0.29) is 5.92 Å². The molecule has 1 fully saturated rings. The Hall–Kier alpha value is -1.07. The molecule has 0 amide bonds. The third-order valence-electron chi connectivity index (χ3n) is 3.87. The van der Waals surface area contributed by atoms with Crippen LogP contribution in [0, 0.1) is 5.92 Å². The van der Waals surface area contributed by atoms with Gasteiger partial charge in [-0.2, -0.15) is 13.2 Å². The third-order valence-corrected chi connectivity index (χ3v) is 3.87. The summed E-state index contributed by atoms with van der Waals surface area (Å²) in [6.45, 7) is 3.12. The first-order chi connectivity index (χ1) is 8.82. The molecule has 1 aliphatic heterocycles. The van der Waals surface area contributed by atoms with Crippen molar-refractivity contribution in [2.24, 2.45) is 5.92 Å². The van der Waals surface area contributed by atoms with Crippen LogP contribution in [0.2, 0.25) is 0 Å². The topological polar surface area (TPSA) is 32.3 Å². The van der Waals surface area contributed by atoms with E-state index >= 15 is 0 Å². The van der Waals surface area contributed by atoms with Crippen LogP contribution in [0.1, 0.15) is 30.9 Å². The van der Waals surface area contributed by atoms with Gasteiger partial charge in [0, 0.05) is 12.5 Å². The second-order valence-electron chi connectivity index (χ2n) is 5.27. The van der Waals surface area contributed by atoms with Crippen molar-refractivity contribution in [1.29, 1.82) is 0 Å². The smallest absolute Gasteiger partial charge is 0.385 e. The summed E-state index contributed by atoms with van der Waals surface area (Å²) in [4.78, 5) is 0. The number of rotatable bonds is 2. The predicted octanol–water partition coefficient (Wildman–Crippen LogP) is 2.91. The summed E-state index contributed by atoms with van der Waals surface area (Å²) in [6, 6.07) is 4.99. The second-order valence-corrected chi connectivity index (χ2v) is 5.27. The molecule has 0 aliphatic carbocycles. The van der Waals surface area contributed by atoms with E-state index in [1.807, 2.05) is 0 Å². The number of hydrogen-bond donors (Lipinski definition) is 2. The molecule has 1 saturated heterocycles. The highest BCUT2D eigenvalue weighted by Gasteiger charge is 2.37. The number of alkyl halides is 3. The summed E-state index contributed by atoms with van der Waals surface area (Å²) in [5, 5.41) is 13.8. The highest BCUT2D eigenvalue weighted by atomic mass is 19.4. The lowest BCUT2D eigenvalue weighted by Gasteiger charge is -2.36. The van der Waals surface area contributed by atoms with Gasteiger partial charge in [-0.3, -0.25) is 0 Å². The maximum absolute atomic E-state index is 12.7. The van der Waals surface area contributed by atoms with E-state index in [0.717, 1.165) is 31.5 Å². The summed E-state index contributed by atoms with van der Waals surface area (Å²) in [5.74, 6) is -0.0651. The van der Waals surface area contributed by atoms with E-state index in [1.54, 1.807) is 13.0 Å². The van der Waals surface area contributed by atoms with Crippen LogP contribution in [-0.4, -0.2) is 18.2 Å². The van der Waals surface area contributed by atoms with Crippen LogP contribution < -0.4 is 5.32 Å². The van der Waals surface area contributed by atoms with Crippen molar-refractivity contribution >= 4 is 0 Å². The maximum Gasteiger partial charge on any atom is 0.416 e. The molecular weight excluding hydrogens is 255 g/mol. The average Bonchev–Trinajstić information content (AvgIpc) is 2.39. The van der Waals surface area contributed by atoms with Crippen molar-refractivity contribution in [3.8, 4) is 0 Å². The Bertz CT molecular complexity index is 437. The van der Waals surface area contributed by atoms with Gasteiger partial charge in [0.15, 0.2) is 0 Å². The molecule has 2 N–H and O–H groups in total. The minimum absolute atomic E-state index is 0.0651. The fourth-order valence-corrected chi connectivity index (χ4v) is 2.58. The first-order valence-corrected chi connectivity index (χ1v) is 6.42. The van der Waals surface area contributed by atoms with Crippen molar-refractivity contribution in [1.82, 2.24) is 5.32 Å². The zero-order valence-electron chi connectivity index (χ0n) is 10.8. The SMILES string of the molecule is CC(O)(c1cccc(C(F)(F)F)c1)C1CCCNC1. The highest BCUT2D eigenvalue weighted by molar-refractivity contribution is 5.30. The van der Waals surface area contributed by atoms with Crippen molar-refractivity contribution < 1.29 is 18.3 Å². The molecule has 2 rings (SSSR count). The molecule has 106 valence electrons. The van der Waals surface area contributed by atoms with Crippen LogP contribution in [0.3, 0.4) is 0 Å². The van der Waals surface area contributed by atoms with Crippen molar-refractivity contribution in [3.05, 3.63) is 35.4 Å². The quantitative estimate of drug-likeness (QED) is 0.868. The summed E-state index contributed by atoms with van der Waals surface area (Å²) in [7, 11) is 0. The fourth-order valence-electron chi connectivity index (χ4n) is 2.58. The Morgan fingerprint density at radius 1 is 1.26 bits per heavy atom. The molecule has 0 aromatic heterocycles. The van der Waals surface area contributed by atoms with E-state index in [4.69, 9.17) is 0 Å². The molecule has 0 radical (unpaired) electrons. The third kappa shape index (κ3) is 3.09. The lowest BCUT2D eigenvalue weighted by molar-refractivity contribution is -0.137. The average molecular weight is 273 g/mol. The standard InChI is InChI=1S/C14H18F3NO/c1-13(19,12-6-3-7-18-9-12)10-4-2-5-11(8-10)14(15,16)17/h2,4-5,8,12,18-19H,3,6-7,9H2,1H3. The monoisotopic (exact) mass is 273 g/mol. The van der Waals surface area contributed by atoms with Gasteiger partial charge in [0.25, 0.3) is 0 Å². The highest BCUT2D eigenvalue weighted by Crippen LogP contribution is 2.36. The van der Waals surface area contributed by atoms with Crippen molar-refractivity contribution in [2.45, 2.75) is 31.5 Å². The number of halogens is 3. The van der Waals surface area contributed by atoms with Gasteiger partial charge in [0.2, 0.25) is 0 Å². The minimum atomic E-state index is -4.38. The summed E-state index contributed by atoms with van der Waals surface area (Å²) >= 11 is 0. The van der Waals surface area contributed by atoms with Gasteiger partial charge in [-0.1, -0.05) is 12.1 Å². The number of nitrogens with one attached hydrogen (secondary N) is 1. The number of aliphatic hydroxyl groups is 1. The number of piperidine rings is 1. The van der Waals surface area contributed by atoms with Gasteiger partial charge in [-0.25, -0.2) is 0 Å². The summed E-state index contributed by atoms with van der Waals surface area (Å²) in [6.07, 6.45) is -2.63. The second kappa shape index (κ2) is 5.13. The molecule has 0 spiro atoms. The van der Waals surface area contributed by atoms with Gasteiger partial charge in [-0.05, 0) is 44.0 Å². The van der Waals surface area contributed by atoms with Crippen molar-refractivity contribution in [3.63, 3.8) is 0 Å². The Labute approximate surface area is 110 Å². The molecule has 2 atom stereocenters. The van der Waals surface area contributed by atoms with Crippen molar-refractivity contribution in [2.75, 3.05) is 13.1 Å². The Balaban J connectivity index is 2.29. The molecule has 1 aliphatic rings. The minimum Gasteiger partial charge on any atom is -0.385 e. The molecule has 19 heavy (non-hydrogen) atoms. The fraction of sp³-hybridized carbons (Fsp3) is 0.571. The van der Waals surface area contributed by atoms with Crippen LogP contribution in [0.5, 0.6) is 0 Å². The lowest BCUT2D eigenvalue weighted by Crippen LogP contribution is -2.42. The molecule has 2 unspecified atom stereocenters. The Kier molecular flexibility index (Phi) is 3.87. The van der Waals surface area contributed by atoms with E-state index in [1.165, 1.54) is 6.07 Å². The molecule has 0 bridgehead atoms. The molecule has 5 heteroatoms. The largest absolute Gasteiger partial charge is 0.416 e. The molecule has 1 aromatic carbocycles. The van der Waals surface area contributed by atoms with Crippen LogP contribution in [0.15, 0.2) is 24.3 Å². The molecule has 1 heterocycles. The first kappa shape index (κ1) is 14.3. The zero-order chi connectivity index (χ0) is 14.1. The number of hydrogen-bond acceptors (Lipinski definition) is 2. The lowest BCUT2D eigenvalue weighted by atomic mass is 9.78. The molecular formula is C14H18F3NO. The van der Waals surface area contributed by atoms with E-state index in [0.29, 0.717) is 12.1 Å².